The van der Waals surface area contributed by atoms with Crippen LogP contribution in [0.3, 0.4) is 0 Å². The van der Waals surface area contributed by atoms with E-state index in [1.54, 1.807) is 18.2 Å². The number of nitrogens with two attached hydrogens (primary N) is 1. The van der Waals surface area contributed by atoms with Gasteiger partial charge in [-0.2, -0.15) is 0 Å². The molecule has 4 heteroatoms. The molecule has 0 radical (unpaired) electrons. The third-order valence-corrected chi connectivity index (χ3v) is 4.36. The zero-order valence-electron chi connectivity index (χ0n) is 15.3. The highest BCUT2D eigenvalue weighted by Gasteiger charge is 2.09. The maximum Gasteiger partial charge on any atom is 0.151 e. The molecule has 0 bridgehead atoms. The normalized spacial score (nSPS) is 12.3. The number of allylic oxidation sites excluding steroid dienone is 2. The summed E-state index contributed by atoms with van der Waals surface area (Å²) in [6.45, 7) is 4.37. The zero-order chi connectivity index (χ0) is 18.9. The molecule has 0 saturated heterocycles. The second-order valence-corrected chi connectivity index (χ2v) is 6.19. The molecule has 0 spiro atoms. The highest BCUT2D eigenvalue weighted by atomic mass is 19.1. The van der Waals surface area contributed by atoms with Crippen molar-refractivity contribution in [3.63, 3.8) is 0 Å². The van der Waals surface area contributed by atoms with Crippen LogP contribution in [0.4, 0.5) is 4.39 Å². The second kappa shape index (κ2) is 9.78. The lowest BCUT2D eigenvalue weighted by molar-refractivity contribution is 0.112. The number of benzene rings is 1. The van der Waals surface area contributed by atoms with Crippen LogP contribution in [0.5, 0.6) is 0 Å². The van der Waals surface area contributed by atoms with Crippen molar-refractivity contribution in [2.75, 3.05) is 6.54 Å². The van der Waals surface area contributed by atoms with Crippen molar-refractivity contribution in [2.24, 2.45) is 5.73 Å². The predicted molar refractivity (Wildman–Crippen MR) is 105 cm³/mol. The van der Waals surface area contributed by atoms with Gasteiger partial charge in [0.05, 0.1) is 11.4 Å². The number of rotatable bonds is 8. The smallest absolute Gasteiger partial charge is 0.151 e. The van der Waals surface area contributed by atoms with Crippen LogP contribution < -0.4 is 5.73 Å². The highest BCUT2D eigenvalue weighted by molar-refractivity contribution is 5.77. The van der Waals surface area contributed by atoms with E-state index in [1.807, 2.05) is 38.1 Å². The van der Waals surface area contributed by atoms with E-state index in [1.165, 1.54) is 6.07 Å². The van der Waals surface area contributed by atoms with E-state index < -0.39 is 0 Å². The first-order valence-electron chi connectivity index (χ1n) is 8.81. The standard InChI is InChI=1S/C22H25FN2O/c1-3-6-18(14-24)16(2)21-12-11-19(15-26)22(25-21)10-5-8-17-7-4-9-20(23)13-17/h3-4,6-7,9,11-13,15H,5,8,10,14,24H2,1-2H3/b6-3-,18-16-. The van der Waals surface area contributed by atoms with Crippen molar-refractivity contribution >= 4 is 11.9 Å². The zero-order valence-corrected chi connectivity index (χ0v) is 15.3. The number of hydrogen-bond acceptors (Lipinski definition) is 3. The van der Waals surface area contributed by atoms with E-state index in [-0.39, 0.29) is 5.82 Å². The predicted octanol–water partition coefficient (Wildman–Crippen LogP) is 4.52. The number of aryl methyl sites for hydroxylation is 2. The first-order chi connectivity index (χ1) is 12.6. The van der Waals surface area contributed by atoms with Crippen molar-refractivity contribution in [3.05, 3.63) is 82.5 Å². The monoisotopic (exact) mass is 352 g/mol. The average molecular weight is 352 g/mol. The van der Waals surface area contributed by atoms with Crippen molar-refractivity contribution in [1.82, 2.24) is 4.98 Å². The summed E-state index contributed by atoms with van der Waals surface area (Å²) in [4.78, 5) is 16.0. The van der Waals surface area contributed by atoms with Crippen LogP contribution in [0.25, 0.3) is 5.57 Å². The van der Waals surface area contributed by atoms with Crippen molar-refractivity contribution in [1.29, 1.82) is 0 Å². The minimum absolute atomic E-state index is 0.227. The van der Waals surface area contributed by atoms with Crippen LogP contribution in [0, 0.1) is 5.82 Å². The fourth-order valence-corrected chi connectivity index (χ4v) is 2.89. The summed E-state index contributed by atoms with van der Waals surface area (Å²) >= 11 is 0. The molecule has 3 nitrogen and oxygen atoms in total. The SMILES string of the molecule is C/C=C\C(CN)=C(/C)c1ccc(C=O)c(CCCc2cccc(F)c2)n1. The number of carbonyl (C=O) groups excluding carboxylic acids is 1. The molecule has 0 atom stereocenters. The average Bonchev–Trinajstić information content (AvgIpc) is 2.65. The molecular weight excluding hydrogens is 327 g/mol. The number of aromatic nitrogens is 1. The molecule has 0 amide bonds. The van der Waals surface area contributed by atoms with Gasteiger partial charge >= 0.3 is 0 Å². The second-order valence-electron chi connectivity index (χ2n) is 6.19. The molecule has 0 aliphatic carbocycles. The van der Waals surface area contributed by atoms with Crippen LogP contribution in [0.1, 0.15) is 47.6 Å². The van der Waals surface area contributed by atoms with Crippen LogP contribution in [-0.2, 0) is 12.8 Å². The molecule has 2 aromatic rings. The summed E-state index contributed by atoms with van der Waals surface area (Å²) in [5.41, 5.74) is 11.0. The van der Waals surface area contributed by atoms with Gasteiger partial charge in [-0.3, -0.25) is 9.78 Å². The van der Waals surface area contributed by atoms with Gasteiger partial charge < -0.3 is 5.73 Å². The van der Waals surface area contributed by atoms with E-state index in [4.69, 9.17) is 10.7 Å². The van der Waals surface area contributed by atoms with Gasteiger partial charge in [0.2, 0.25) is 0 Å². The molecule has 1 heterocycles. The first kappa shape index (κ1) is 19.7. The highest BCUT2D eigenvalue weighted by Crippen LogP contribution is 2.20. The number of carbonyl (C=O) groups is 1. The molecule has 0 saturated carbocycles. The Balaban J connectivity index is 2.20. The van der Waals surface area contributed by atoms with E-state index in [0.29, 0.717) is 18.5 Å². The number of nitrogens with zero attached hydrogens (tertiary/aromatic N) is 1. The van der Waals surface area contributed by atoms with Gasteiger partial charge in [0, 0.05) is 12.1 Å². The molecule has 0 unspecified atom stereocenters. The lowest BCUT2D eigenvalue weighted by Gasteiger charge is -2.10. The largest absolute Gasteiger partial charge is 0.326 e. The third kappa shape index (κ3) is 5.20. The minimum atomic E-state index is -0.227. The topological polar surface area (TPSA) is 56.0 Å². The Bertz CT molecular complexity index is 825. The van der Waals surface area contributed by atoms with E-state index in [0.717, 1.165) is 47.2 Å². The Kier molecular flexibility index (Phi) is 7.42. The molecular formula is C22H25FN2O. The van der Waals surface area contributed by atoms with Gasteiger partial charge in [0.25, 0.3) is 0 Å². The van der Waals surface area contributed by atoms with Gasteiger partial charge in [0.1, 0.15) is 5.82 Å². The van der Waals surface area contributed by atoms with Crippen molar-refractivity contribution in [2.45, 2.75) is 33.1 Å². The number of aldehydes is 1. The summed E-state index contributed by atoms with van der Waals surface area (Å²) in [6, 6.07) is 10.3. The minimum Gasteiger partial charge on any atom is -0.326 e. The summed E-state index contributed by atoms with van der Waals surface area (Å²) in [5.74, 6) is -0.227. The molecule has 0 aliphatic rings. The van der Waals surface area contributed by atoms with Gasteiger partial charge in [-0.15, -0.1) is 0 Å². The number of hydrogen-bond donors (Lipinski definition) is 1. The van der Waals surface area contributed by atoms with E-state index in [2.05, 4.69) is 0 Å². The lowest BCUT2D eigenvalue weighted by atomic mass is 10.0. The molecule has 2 N–H and O–H groups in total. The molecule has 2 rings (SSSR count). The van der Waals surface area contributed by atoms with E-state index >= 15 is 0 Å². The van der Waals surface area contributed by atoms with Gasteiger partial charge in [0.15, 0.2) is 6.29 Å². The van der Waals surface area contributed by atoms with Gasteiger partial charge in [-0.1, -0.05) is 24.3 Å². The Morgan fingerprint density at radius 1 is 1.23 bits per heavy atom. The lowest BCUT2D eigenvalue weighted by Crippen LogP contribution is -2.06. The molecule has 0 aliphatic heterocycles. The first-order valence-corrected chi connectivity index (χ1v) is 8.81. The molecule has 1 aromatic heterocycles. The Hall–Kier alpha value is -2.59. The van der Waals surface area contributed by atoms with Gasteiger partial charge in [-0.05, 0) is 74.1 Å². The molecule has 136 valence electrons. The van der Waals surface area contributed by atoms with E-state index in [9.17, 15) is 9.18 Å². The number of halogens is 1. The van der Waals surface area contributed by atoms with Crippen LogP contribution in [-0.4, -0.2) is 17.8 Å². The fourth-order valence-electron chi connectivity index (χ4n) is 2.89. The maximum atomic E-state index is 13.3. The summed E-state index contributed by atoms with van der Waals surface area (Å²) in [7, 11) is 0. The number of pyridine rings is 1. The molecule has 26 heavy (non-hydrogen) atoms. The molecule has 1 aromatic carbocycles. The van der Waals surface area contributed by atoms with Crippen molar-refractivity contribution < 1.29 is 9.18 Å². The van der Waals surface area contributed by atoms with Crippen LogP contribution in [0.2, 0.25) is 0 Å². The van der Waals surface area contributed by atoms with Crippen molar-refractivity contribution in [3.8, 4) is 0 Å². The van der Waals surface area contributed by atoms with Crippen LogP contribution >= 0.6 is 0 Å². The summed E-state index contributed by atoms with van der Waals surface area (Å²) in [6.07, 6.45) is 6.96. The quantitative estimate of drug-likeness (QED) is 0.561. The Labute approximate surface area is 154 Å². The molecule has 0 fully saturated rings. The summed E-state index contributed by atoms with van der Waals surface area (Å²) in [5, 5.41) is 0. The Morgan fingerprint density at radius 3 is 2.69 bits per heavy atom. The Morgan fingerprint density at radius 2 is 2.04 bits per heavy atom. The van der Waals surface area contributed by atoms with Crippen LogP contribution in [0.15, 0.2) is 54.1 Å². The third-order valence-electron chi connectivity index (χ3n) is 4.36. The van der Waals surface area contributed by atoms with Gasteiger partial charge in [-0.25, -0.2) is 4.39 Å². The maximum absolute atomic E-state index is 13.3. The fraction of sp³-hybridized carbons (Fsp3) is 0.273. The summed E-state index contributed by atoms with van der Waals surface area (Å²) < 4.78 is 13.3.